The van der Waals surface area contributed by atoms with Gasteiger partial charge in [-0.15, -0.1) is 0 Å². The number of benzene rings is 1. The van der Waals surface area contributed by atoms with Crippen molar-refractivity contribution in [3.05, 3.63) is 47.0 Å². The Hall–Kier alpha value is -1.57. The minimum absolute atomic E-state index is 0.225. The predicted molar refractivity (Wildman–Crippen MR) is 81.4 cm³/mol. The molecule has 0 fully saturated rings. The van der Waals surface area contributed by atoms with Crippen LogP contribution in [0.1, 0.15) is 44.6 Å². The molecule has 0 bridgehead atoms. The standard InChI is InChI=1S/C18H23NO/c1-14(20)19-12-11-16-9-5-6-10-17(16)18(19)13-15-7-3-2-4-8-15/h2-4,7-8,18H,5-6,9-13H2,1H3. The van der Waals surface area contributed by atoms with Crippen LogP contribution in [0.2, 0.25) is 0 Å². The van der Waals surface area contributed by atoms with E-state index in [0.29, 0.717) is 6.04 Å². The molecular weight excluding hydrogens is 246 g/mol. The van der Waals surface area contributed by atoms with Crippen LogP contribution < -0.4 is 0 Å². The van der Waals surface area contributed by atoms with Gasteiger partial charge in [-0.25, -0.2) is 0 Å². The van der Waals surface area contributed by atoms with Gasteiger partial charge in [0.05, 0.1) is 6.04 Å². The van der Waals surface area contributed by atoms with Crippen LogP contribution in [-0.2, 0) is 11.2 Å². The molecule has 2 aliphatic rings. The Morgan fingerprint density at radius 2 is 1.90 bits per heavy atom. The highest BCUT2D eigenvalue weighted by Gasteiger charge is 2.31. The smallest absolute Gasteiger partial charge is 0.219 e. The Kier molecular flexibility index (Phi) is 3.90. The van der Waals surface area contributed by atoms with E-state index in [1.165, 1.54) is 31.2 Å². The van der Waals surface area contributed by atoms with Crippen LogP contribution >= 0.6 is 0 Å². The Morgan fingerprint density at radius 3 is 2.65 bits per heavy atom. The van der Waals surface area contributed by atoms with Crippen molar-refractivity contribution in [2.75, 3.05) is 6.54 Å². The number of carbonyl (C=O) groups excluding carboxylic acids is 1. The van der Waals surface area contributed by atoms with Gasteiger partial charge in [0.25, 0.3) is 0 Å². The third-order valence-corrected chi connectivity index (χ3v) is 4.74. The first kappa shape index (κ1) is 13.4. The van der Waals surface area contributed by atoms with Gasteiger partial charge in [-0.05, 0) is 49.7 Å². The van der Waals surface area contributed by atoms with E-state index in [0.717, 1.165) is 19.4 Å². The average Bonchev–Trinajstić information content (AvgIpc) is 2.48. The molecule has 1 amide bonds. The molecule has 1 heterocycles. The normalized spacial score (nSPS) is 22.6. The minimum Gasteiger partial charge on any atom is -0.336 e. The topological polar surface area (TPSA) is 20.3 Å². The molecule has 20 heavy (non-hydrogen) atoms. The van der Waals surface area contributed by atoms with E-state index in [1.54, 1.807) is 18.1 Å². The molecule has 1 aliphatic carbocycles. The van der Waals surface area contributed by atoms with Gasteiger partial charge >= 0.3 is 0 Å². The summed E-state index contributed by atoms with van der Waals surface area (Å²) in [6, 6.07) is 10.9. The Balaban J connectivity index is 1.90. The van der Waals surface area contributed by atoms with Crippen molar-refractivity contribution in [3.63, 3.8) is 0 Å². The van der Waals surface area contributed by atoms with Gasteiger partial charge in [-0.1, -0.05) is 35.9 Å². The van der Waals surface area contributed by atoms with Crippen molar-refractivity contribution in [2.24, 2.45) is 0 Å². The van der Waals surface area contributed by atoms with Crippen molar-refractivity contribution in [2.45, 2.75) is 51.5 Å². The molecule has 2 nitrogen and oxygen atoms in total. The molecule has 0 saturated carbocycles. The molecule has 106 valence electrons. The van der Waals surface area contributed by atoms with Crippen molar-refractivity contribution >= 4 is 5.91 Å². The maximum Gasteiger partial charge on any atom is 0.219 e. The summed E-state index contributed by atoms with van der Waals surface area (Å²) in [7, 11) is 0. The number of nitrogens with zero attached hydrogens (tertiary/aromatic N) is 1. The summed E-state index contributed by atoms with van der Waals surface area (Å²) in [6.07, 6.45) is 7.13. The Labute approximate surface area is 121 Å². The third kappa shape index (κ3) is 2.65. The van der Waals surface area contributed by atoms with Crippen LogP contribution in [0.4, 0.5) is 0 Å². The summed E-state index contributed by atoms with van der Waals surface area (Å²) < 4.78 is 0. The maximum absolute atomic E-state index is 12.0. The molecule has 1 atom stereocenters. The van der Waals surface area contributed by atoms with E-state index >= 15 is 0 Å². The van der Waals surface area contributed by atoms with Gasteiger partial charge < -0.3 is 4.90 Å². The molecule has 1 aromatic carbocycles. The Bertz CT molecular complexity index is 517. The molecule has 0 saturated heterocycles. The van der Waals surface area contributed by atoms with E-state index in [1.807, 2.05) is 0 Å². The van der Waals surface area contributed by atoms with Gasteiger partial charge in [0.15, 0.2) is 0 Å². The quantitative estimate of drug-likeness (QED) is 0.749. The second-order valence-corrected chi connectivity index (χ2v) is 6.00. The molecule has 1 unspecified atom stereocenters. The Morgan fingerprint density at radius 1 is 1.15 bits per heavy atom. The summed E-state index contributed by atoms with van der Waals surface area (Å²) in [6.45, 7) is 2.62. The lowest BCUT2D eigenvalue weighted by molar-refractivity contribution is -0.130. The fraction of sp³-hybridized carbons (Fsp3) is 0.500. The molecule has 0 spiro atoms. The second kappa shape index (κ2) is 5.82. The highest BCUT2D eigenvalue weighted by molar-refractivity contribution is 5.74. The highest BCUT2D eigenvalue weighted by atomic mass is 16.2. The average molecular weight is 269 g/mol. The summed E-state index contributed by atoms with van der Waals surface area (Å²) in [5.41, 5.74) is 4.55. The number of carbonyl (C=O) groups is 1. The summed E-state index contributed by atoms with van der Waals surface area (Å²) in [4.78, 5) is 14.1. The number of hydrogen-bond acceptors (Lipinski definition) is 1. The van der Waals surface area contributed by atoms with Crippen LogP contribution in [0.3, 0.4) is 0 Å². The number of hydrogen-bond donors (Lipinski definition) is 0. The molecule has 2 heteroatoms. The molecule has 3 rings (SSSR count). The predicted octanol–water partition coefficient (Wildman–Crippen LogP) is 3.72. The van der Waals surface area contributed by atoms with Gasteiger partial charge in [-0.2, -0.15) is 0 Å². The number of amides is 1. The van der Waals surface area contributed by atoms with Gasteiger partial charge in [0.2, 0.25) is 5.91 Å². The fourth-order valence-corrected chi connectivity index (χ4v) is 3.73. The van der Waals surface area contributed by atoms with E-state index in [2.05, 4.69) is 35.2 Å². The van der Waals surface area contributed by atoms with Crippen molar-refractivity contribution < 1.29 is 4.79 Å². The first-order valence-electron chi connectivity index (χ1n) is 7.77. The second-order valence-electron chi connectivity index (χ2n) is 6.00. The molecule has 0 aromatic heterocycles. The van der Waals surface area contributed by atoms with E-state index in [9.17, 15) is 4.79 Å². The summed E-state index contributed by atoms with van der Waals surface area (Å²) in [5, 5.41) is 0. The maximum atomic E-state index is 12.0. The van der Waals surface area contributed by atoms with Crippen LogP contribution in [0.5, 0.6) is 0 Å². The monoisotopic (exact) mass is 269 g/mol. The largest absolute Gasteiger partial charge is 0.336 e. The van der Waals surface area contributed by atoms with Crippen molar-refractivity contribution in [1.29, 1.82) is 0 Å². The first-order valence-corrected chi connectivity index (χ1v) is 7.77. The van der Waals surface area contributed by atoms with E-state index in [-0.39, 0.29) is 5.91 Å². The first-order chi connectivity index (χ1) is 9.75. The van der Waals surface area contributed by atoms with Crippen LogP contribution in [0.15, 0.2) is 41.5 Å². The minimum atomic E-state index is 0.225. The lowest BCUT2D eigenvalue weighted by atomic mass is 9.80. The summed E-state index contributed by atoms with van der Waals surface area (Å²) in [5.74, 6) is 0.225. The van der Waals surface area contributed by atoms with Crippen LogP contribution in [-0.4, -0.2) is 23.4 Å². The molecular formula is C18H23NO. The third-order valence-electron chi connectivity index (χ3n) is 4.74. The van der Waals surface area contributed by atoms with Crippen molar-refractivity contribution in [1.82, 2.24) is 4.90 Å². The molecule has 0 radical (unpaired) electrons. The molecule has 1 aromatic rings. The zero-order valence-electron chi connectivity index (χ0n) is 12.3. The zero-order chi connectivity index (χ0) is 13.9. The van der Waals surface area contributed by atoms with E-state index < -0.39 is 0 Å². The molecule has 1 aliphatic heterocycles. The fourth-order valence-electron chi connectivity index (χ4n) is 3.73. The van der Waals surface area contributed by atoms with Crippen molar-refractivity contribution in [3.8, 4) is 0 Å². The SMILES string of the molecule is CC(=O)N1CCC2=C(CCCC2)C1Cc1ccccc1. The van der Waals surface area contributed by atoms with Crippen LogP contribution in [0, 0.1) is 0 Å². The lowest BCUT2D eigenvalue weighted by Gasteiger charge is -2.40. The van der Waals surface area contributed by atoms with Gasteiger partial charge in [0.1, 0.15) is 0 Å². The van der Waals surface area contributed by atoms with Gasteiger partial charge in [0, 0.05) is 13.5 Å². The van der Waals surface area contributed by atoms with Crippen LogP contribution in [0.25, 0.3) is 0 Å². The summed E-state index contributed by atoms with van der Waals surface area (Å²) >= 11 is 0. The lowest BCUT2D eigenvalue weighted by Crippen LogP contribution is -2.46. The van der Waals surface area contributed by atoms with E-state index in [4.69, 9.17) is 0 Å². The highest BCUT2D eigenvalue weighted by Crippen LogP contribution is 2.36. The molecule has 0 N–H and O–H groups in total. The number of rotatable bonds is 2. The van der Waals surface area contributed by atoms with Gasteiger partial charge in [-0.3, -0.25) is 4.79 Å². The zero-order valence-corrected chi connectivity index (χ0v) is 12.3.